The van der Waals surface area contributed by atoms with Crippen LogP contribution in [0.2, 0.25) is 0 Å². The monoisotopic (exact) mass is 1160 g/mol. The van der Waals surface area contributed by atoms with E-state index >= 15 is 0 Å². The first-order valence-corrected chi connectivity index (χ1v) is 31.0. The molecular formula is C49H63NO21S5. The van der Waals surface area contributed by atoms with Crippen molar-refractivity contribution in [2.45, 2.75) is 96.1 Å². The lowest BCUT2D eigenvalue weighted by molar-refractivity contribution is -0.137. The fourth-order valence-electron chi connectivity index (χ4n) is 9.61. The van der Waals surface area contributed by atoms with Gasteiger partial charge in [0.05, 0.1) is 55.2 Å². The van der Waals surface area contributed by atoms with E-state index in [9.17, 15) is 74.8 Å². The first-order valence-electron chi connectivity index (χ1n) is 23.6. The molecule has 2 unspecified atom stereocenters. The summed E-state index contributed by atoms with van der Waals surface area (Å²) in [5, 5.41) is 9.03. The highest BCUT2D eigenvalue weighted by Gasteiger charge is 2.45. The van der Waals surface area contributed by atoms with Crippen molar-refractivity contribution >= 4 is 83.8 Å². The summed E-state index contributed by atoms with van der Waals surface area (Å²) in [5.74, 6) is -1.75. The lowest BCUT2D eigenvalue weighted by atomic mass is 9.70. The maximum Gasteiger partial charge on any atom is 0.303 e. The molecule has 76 heavy (non-hydrogen) atoms. The number of carboxylic acid groups (broad SMARTS) is 1. The maximum atomic E-state index is 12.8. The summed E-state index contributed by atoms with van der Waals surface area (Å²) in [6.07, 6.45) is 5.50. The van der Waals surface area contributed by atoms with E-state index < -0.39 is 92.7 Å². The molecule has 0 amide bonds. The minimum atomic E-state index is -5.17. The number of aryl methyl sites for hydroxylation is 1. The van der Waals surface area contributed by atoms with Crippen molar-refractivity contribution in [2.75, 3.05) is 70.6 Å². The van der Waals surface area contributed by atoms with Gasteiger partial charge >= 0.3 is 5.97 Å². The highest BCUT2D eigenvalue weighted by molar-refractivity contribution is 7.87. The van der Waals surface area contributed by atoms with Gasteiger partial charge < -0.3 is 29.0 Å². The standard InChI is InChI=1S/C49H63NO21S5/c1-33-14-15-37-39(29-35(73(56,57)58)31-42(37)75(62,63)64)46(33)48(3,19-21-69-24-25-71-27-26-70-23-22-68-5)34(2)11-9-12-44-49(4,18-10-28-72(53,54)55)47-40-30-36(74(59,60)61)32-43(76(65,66)67)38(40)16-17-41(47)50(44)20-8-6-7-13-45(51)52/h9,11-12,14-17,29-32H,2,6-8,10,13,18-28H2,1,3-5H3,(H,51,52)(H,53,54,55)(H,56,57,58)(H,59,60,61)(H,62,63,64)(H,65,66,67)/b11-9+,44-12+. The third-order valence-corrected chi connectivity index (χ3v) is 17.5. The molecule has 1 heterocycles. The Labute approximate surface area is 443 Å². The van der Waals surface area contributed by atoms with E-state index in [1.54, 1.807) is 57.1 Å². The van der Waals surface area contributed by atoms with Crippen LogP contribution < -0.4 is 4.90 Å². The average Bonchev–Trinajstić information content (AvgIpc) is 3.53. The van der Waals surface area contributed by atoms with Gasteiger partial charge in [0, 0.05) is 59.7 Å². The molecule has 4 aromatic carbocycles. The molecule has 0 saturated carbocycles. The second kappa shape index (κ2) is 24.9. The van der Waals surface area contributed by atoms with Crippen molar-refractivity contribution in [1.82, 2.24) is 0 Å². The molecule has 420 valence electrons. The van der Waals surface area contributed by atoms with Crippen LogP contribution in [0.3, 0.4) is 0 Å². The van der Waals surface area contributed by atoms with E-state index in [4.69, 9.17) is 18.9 Å². The summed E-state index contributed by atoms with van der Waals surface area (Å²) in [5.41, 5.74) is -0.543. The van der Waals surface area contributed by atoms with Gasteiger partial charge in [-0.05, 0) is 115 Å². The van der Waals surface area contributed by atoms with Gasteiger partial charge in [0.15, 0.2) is 0 Å². The van der Waals surface area contributed by atoms with E-state index in [-0.39, 0.29) is 92.2 Å². The molecule has 0 bridgehead atoms. The van der Waals surface area contributed by atoms with Crippen LogP contribution in [0.5, 0.6) is 0 Å². The first kappa shape index (κ1) is 62.1. The number of hydrogen-bond acceptors (Lipinski definition) is 16. The van der Waals surface area contributed by atoms with Crippen LogP contribution in [0.4, 0.5) is 5.69 Å². The molecule has 2 atom stereocenters. The molecule has 1 aliphatic heterocycles. The van der Waals surface area contributed by atoms with Crippen LogP contribution in [-0.4, -0.2) is 142 Å². The van der Waals surface area contributed by atoms with E-state index in [1.165, 1.54) is 18.2 Å². The fourth-order valence-corrected chi connectivity index (χ4v) is 12.8. The van der Waals surface area contributed by atoms with Crippen LogP contribution in [0.1, 0.15) is 75.5 Å². The topological polar surface area (TPSA) is 349 Å². The number of fused-ring (bicyclic) bond motifs is 4. The fraction of sp³-hybridized carbons (Fsp3) is 0.449. The van der Waals surface area contributed by atoms with E-state index in [1.807, 2.05) is 0 Å². The summed E-state index contributed by atoms with van der Waals surface area (Å²) in [4.78, 5) is 9.82. The number of carbonyl (C=O) groups is 1. The van der Waals surface area contributed by atoms with Gasteiger partial charge in [0.25, 0.3) is 50.6 Å². The molecule has 0 fully saturated rings. The zero-order valence-electron chi connectivity index (χ0n) is 42.2. The van der Waals surface area contributed by atoms with E-state index in [0.29, 0.717) is 72.9 Å². The van der Waals surface area contributed by atoms with Crippen molar-refractivity contribution in [3.05, 3.63) is 101 Å². The Morgan fingerprint density at radius 2 is 1.21 bits per heavy atom. The van der Waals surface area contributed by atoms with Gasteiger partial charge in [-0.2, -0.15) is 42.1 Å². The number of methoxy groups -OCH3 is 1. The van der Waals surface area contributed by atoms with Crippen LogP contribution in [0.15, 0.2) is 104 Å². The number of unbranched alkanes of at least 4 members (excludes halogenated alkanes) is 2. The molecule has 6 N–H and O–H groups in total. The maximum absolute atomic E-state index is 12.8. The molecule has 0 saturated heterocycles. The highest BCUT2D eigenvalue weighted by atomic mass is 32.2. The number of benzene rings is 4. The summed E-state index contributed by atoms with van der Waals surface area (Å²) in [6.45, 7) is 11.3. The Morgan fingerprint density at radius 1 is 0.684 bits per heavy atom. The Bertz CT molecular complexity index is 3490. The molecule has 27 heteroatoms. The minimum absolute atomic E-state index is 0.0120. The van der Waals surface area contributed by atoms with Gasteiger partial charge in [-0.25, -0.2) is 0 Å². The van der Waals surface area contributed by atoms with Crippen LogP contribution in [-0.2, 0) is 85.2 Å². The van der Waals surface area contributed by atoms with Gasteiger partial charge in [0.2, 0.25) is 0 Å². The normalized spacial score (nSPS) is 17.0. The summed E-state index contributed by atoms with van der Waals surface area (Å²) >= 11 is 0. The number of ether oxygens (including phenoxy) is 4. The van der Waals surface area contributed by atoms with Crippen LogP contribution in [0.25, 0.3) is 21.5 Å². The summed E-state index contributed by atoms with van der Waals surface area (Å²) < 4.78 is 199. The highest BCUT2D eigenvalue weighted by Crippen LogP contribution is 2.54. The van der Waals surface area contributed by atoms with Gasteiger partial charge in [-0.1, -0.05) is 50.3 Å². The Hall–Kier alpha value is -4.72. The van der Waals surface area contributed by atoms with Crippen molar-refractivity contribution in [3.63, 3.8) is 0 Å². The number of allylic oxidation sites excluding steroid dienone is 5. The zero-order valence-corrected chi connectivity index (χ0v) is 46.2. The molecule has 5 rings (SSSR count). The number of anilines is 1. The number of hydrogen-bond donors (Lipinski definition) is 6. The third kappa shape index (κ3) is 15.3. The summed E-state index contributed by atoms with van der Waals surface area (Å²) in [6, 6.07) is 9.12. The minimum Gasteiger partial charge on any atom is -0.481 e. The predicted octanol–water partition coefficient (Wildman–Crippen LogP) is 6.72. The van der Waals surface area contributed by atoms with Crippen molar-refractivity contribution < 1.29 is 93.7 Å². The molecule has 1 aliphatic rings. The number of rotatable bonds is 30. The van der Waals surface area contributed by atoms with E-state index in [0.717, 1.165) is 12.1 Å². The van der Waals surface area contributed by atoms with Gasteiger partial charge in [-0.3, -0.25) is 27.6 Å². The third-order valence-electron chi connectivity index (χ3n) is 13.3. The molecule has 22 nitrogen and oxygen atoms in total. The Morgan fingerprint density at radius 3 is 1.74 bits per heavy atom. The molecule has 4 aromatic rings. The van der Waals surface area contributed by atoms with Crippen molar-refractivity contribution in [3.8, 4) is 0 Å². The molecule has 0 aliphatic carbocycles. The largest absolute Gasteiger partial charge is 0.481 e. The molecule has 0 spiro atoms. The molecule has 0 aromatic heterocycles. The second-order valence-corrected chi connectivity index (χ2v) is 25.8. The lowest BCUT2D eigenvalue weighted by Gasteiger charge is -2.34. The van der Waals surface area contributed by atoms with Gasteiger partial charge in [0.1, 0.15) is 9.79 Å². The Kier molecular flexibility index (Phi) is 20.4. The van der Waals surface area contributed by atoms with Crippen LogP contribution >= 0.6 is 0 Å². The number of carboxylic acids is 1. The lowest BCUT2D eigenvalue weighted by Crippen LogP contribution is -2.30. The molecule has 0 radical (unpaired) electrons. The summed E-state index contributed by atoms with van der Waals surface area (Å²) in [7, 11) is -23.5. The second-order valence-electron chi connectivity index (χ2n) is 18.6. The Balaban J connectivity index is 1.73. The first-order chi connectivity index (χ1) is 35.3. The SMILES string of the molecule is C=C(/C=C/C=C1/N(CCCCCC(=O)O)c2ccc3c(S(=O)(=O)O)cc(S(=O)(=O)O)cc3c2C1(C)CCCS(=O)(=O)O)C(C)(CCOCCOCCOCCOC)c1c(C)ccc2c(S(=O)(=O)O)cc(S(=O)(=O)O)cc12. The smallest absolute Gasteiger partial charge is 0.303 e. The van der Waals surface area contributed by atoms with Crippen LogP contribution in [0, 0.1) is 6.92 Å². The van der Waals surface area contributed by atoms with Crippen molar-refractivity contribution in [1.29, 1.82) is 0 Å². The number of aliphatic carboxylic acids is 1. The van der Waals surface area contributed by atoms with Gasteiger partial charge in [-0.15, -0.1) is 0 Å². The zero-order chi connectivity index (χ0) is 56.7. The molecular weight excluding hydrogens is 1100 g/mol. The predicted molar refractivity (Wildman–Crippen MR) is 281 cm³/mol. The van der Waals surface area contributed by atoms with Crippen molar-refractivity contribution in [2.24, 2.45) is 0 Å². The quantitative estimate of drug-likeness (QED) is 0.0179. The average molecular weight is 1160 g/mol. The number of nitrogens with zero attached hydrogens (tertiary/aromatic N) is 1. The van der Waals surface area contributed by atoms with E-state index in [2.05, 4.69) is 6.58 Å².